The van der Waals surface area contributed by atoms with E-state index in [0.717, 1.165) is 17.8 Å². The summed E-state index contributed by atoms with van der Waals surface area (Å²) in [6.45, 7) is 6.63. The van der Waals surface area contributed by atoms with Crippen LogP contribution in [0.2, 0.25) is 0 Å². The molecule has 2 bridgehead atoms. The van der Waals surface area contributed by atoms with Crippen molar-refractivity contribution in [3.05, 3.63) is 12.7 Å². The van der Waals surface area contributed by atoms with Crippen molar-refractivity contribution in [2.24, 2.45) is 29.6 Å². The molecule has 1 nitrogen and oxygen atoms in total. The van der Waals surface area contributed by atoms with Crippen LogP contribution < -0.4 is 0 Å². The Bertz CT molecular complexity index is 199. The van der Waals surface area contributed by atoms with Crippen molar-refractivity contribution in [3.8, 4) is 0 Å². The van der Waals surface area contributed by atoms with Crippen molar-refractivity contribution < 1.29 is 5.11 Å². The van der Waals surface area contributed by atoms with Gasteiger partial charge in [-0.25, -0.2) is 0 Å². The van der Waals surface area contributed by atoms with Gasteiger partial charge < -0.3 is 5.11 Å². The van der Waals surface area contributed by atoms with E-state index in [9.17, 15) is 5.11 Å². The Morgan fingerprint density at radius 1 is 1.46 bits per heavy atom. The summed E-state index contributed by atoms with van der Waals surface area (Å²) in [5.41, 5.74) is 0. The molecule has 0 amide bonds. The molecule has 0 saturated heterocycles. The standard InChI is InChI=1S/C12H20O/c1-3-10-8-5-9(7-13)12(6-8)11(10)4-2/h4,8-13H,2-3,5-7H2,1H3/t8-,9?,10+,11+,12-/m1/s1. The normalized spacial score (nSPS) is 48.3. The van der Waals surface area contributed by atoms with Crippen molar-refractivity contribution in [2.75, 3.05) is 6.61 Å². The van der Waals surface area contributed by atoms with Gasteiger partial charge in [-0.3, -0.25) is 0 Å². The molecule has 13 heavy (non-hydrogen) atoms. The molecule has 0 radical (unpaired) electrons. The molecule has 5 atom stereocenters. The molecule has 1 heteroatoms. The van der Waals surface area contributed by atoms with Gasteiger partial charge in [-0.05, 0) is 42.4 Å². The monoisotopic (exact) mass is 180 g/mol. The summed E-state index contributed by atoms with van der Waals surface area (Å²) in [4.78, 5) is 0. The number of rotatable bonds is 3. The van der Waals surface area contributed by atoms with E-state index >= 15 is 0 Å². The third kappa shape index (κ3) is 1.25. The van der Waals surface area contributed by atoms with Crippen LogP contribution in [0.3, 0.4) is 0 Å². The van der Waals surface area contributed by atoms with Crippen molar-refractivity contribution >= 4 is 0 Å². The van der Waals surface area contributed by atoms with Gasteiger partial charge in [-0.2, -0.15) is 0 Å². The molecule has 1 unspecified atom stereocenters. The van der Waals surface area contributed by atoms with E-state index in [-0.39, 0.29) is 0 Å². The zero-order valence-corrected chi connectivity index (χ0v) is 8.45. The smallest absolute Gasteiger partial charge is 0.0462 e. The summed E-state index contributed by atoms with van der Waals surface area (Å²) in [7, 11) is 0. The first-order chi connectivity index (χ1) is 6.31. The minimum atomic E-state index is 0.391. The van der Waals surface area contributed by atoms with Gasteiger partial charge in [0.25, 0.3) is 0 Å². The van der Waals surface area contributed by atoms with Gasteiger partial charge in [0.15, 0.2) is 0 Å². The molecule has 74 valence electrons. The SMILES string of the molecule is C=C[C@H]1[C@@H](CC)[C@@H]2CC(CO)[C@H]1C2. The fraction of sp³-hybridized carbons (Fsp3) is 0.833. The van der Waals surface area contributed by atoms with Crippen LogP contribution in [0.4, 0.5) is 0 Å². The topological polar surface area (TPSA) is 20.2 Å². The van der Waals surface area contributed by atoms with E-state index in [0.29, 0.717) is 18.4 Å². The highest BCUT2D eigenvalue weighted by Gasteiger charge is 2.49. The second-order valence-electron chi connectivity index (χ2n) is 4.72. The van der Waals surface area contributed by atoms with Crippen LogP contribution in [-0.4, -0.2) is 11.7 Å². The van der Waals surface area contributed by atoms with E-state index in [1.54, 1.807) is 0 Å². The number of aliphatic hydroxyl groups excluding tert-OH is 1. The fourth-order valence-electron chi connectivity index (χ4n) is 3.82. The summed E-state index contributed by atoms with van der Waals surface area (Å²) in [6.07, 6.45) is 6.04. The minimum absolute atomic E-state index is 0.391. The molecule has 0 aromatic carbocycles. The first-order valence-corrected chi connectivity index (χ1v) is 5.55. The Kier molecular flexibility index (Phi) is 2.46. The van der Waals surface area contributed by atoms with Crippen molar-refractivity contribution in [3.63, 3.8) is 0 Å². The summed E-state index contributed by atoms with van der Waals surface area (Å²) in [5, 5.41) is 9.23. The molecule has 0 heterocycles. The van der Waals surface area contributed by atoms with Crippen molar-refractivity contribution in [1.29, 1.82) is 0 Å². The number of aliphatic hydroxyl groups is 1. The lowest BCUT2D eigenvalue weighted by molar-refractivity contribution is 0.125. The first-order valence-electron chi connectivity index (χ1n) is 5.55. The van der Waals surface area contributed by atoms with E-state index < -0.39 is 0 Å². The van der Waals surface area contributed by atoms with E-state index in [1.165, 1.54) is 19.3 Å². The third-order valence-electron chi connectivity index (χ3n) is 4.36. The van der Waals surface area contributed by atoms with Crippen LogP contribution in [0.15, 0.2) is 12.7 Å². The predicted octanol–water partition coefficient (Wildman–Crippen LogP) is 2.46. The third-order valence-corrected chi connectivity index (χ3v) is 4.36. The van der Waals surface area contributed by atoms with E-state index in [1.807, 2.05) is 0 Å². The Morgan fingerprint density at radius 2 is 2.23 bits per heavy atom. The van der Waals surface area contributed by atoms with Crippen LogP contribution >= 0.6 is 0 Å². The summed E-state index contributed by atoms with van der Waals surface area (Å²) in [5.74, 6) is 3.77. The molecule has 2 saturated carbocycles. The number of hydrogen-bond donors (Lipinski definition) is 1. The lowest BCUT2D eigenvalue weighted by Gasteiger charge is -2.32. The zero-order valence-electron chi connectivity index (χ0n) is 8.45. The highest BCUT2D eigenvalue weighted by molar-refractivity contribution is 5.05. The van der Waals surface area contributed by atoms with Crippen LogP contribution in [0.5, 0.6) is 0 Å². The Labute approximate surface area is 80.8 Å². The lowest BCUT2D eigenvalue weighted by atomic mass is 9.73. The number of allylic oxidation sites excluding steroid dienone is 1. The van der Waals surface area contributed by atoms with Crippen LogP contribution in [0.25, 0.3) is 0 Å². The highest BCUT2D eigenvalue weighted by Crippen LogP contribution is 2.56. The van der Waals surface area contributed by atoms with Gasteiger partial charge in [0.2, 0.25) is 0 Å². The summed E-state index contributed by atoms with van der Waals surface area (Å²) >= 11 is 0. The Morgan fingerprint density at radius 3 is 2.77 bits per heavy atom. The summed E-state index contributed by atoms with van der Waals surface area (Å²) in [6, 6.07) is 0. The van der Waals surface area contributed by atoms with Gasteiger partial charge in [0, 0.05) is 6.61 Å². The Hall–Kier alpha value is -0.300. The fourth-order valence-corrected chi connectivity index (χ4v) is 3.82. The molecule has 0 aromatic rings. The maximum atomic E-state index is 9.23. The van der Waals surface area contributed by atoms with Gasteiger partial charge >= 0.3 is 0 Å². The molecule has 1 N–H and O–H groups in total. The Balaban J connectivity index is 2.13. The van der Waals surface area contributed by atoms with Gasteiger partial charge in [-0.15, -0.1) is 6.58 Å². The molecule has 2 aliphatic carbocycles. The molecular weight excluding hydrogens is 160 g/mol. The molecule has 2 rings (SSSR count). The average molecular weight is 180 g/mol. The van der Waals surface area contributed by atoms with Crippen molar-refractivity contribution in [2.45, 2.75) is 26.2 Å². The predicted molar refractivity (Wildman–Crippen MR) is 54.3 cm³/mol. The molecule has 0 spiro atoms. The largest absolute Gasteiger partial charge is 0.396 e. The minimum Gasteiger partial charge on any atom is -0.396 e. The maximum absolute atomic E-state index is 9.23. The molecule has 0 aliphatic heterocycles. The zero-order chi connectivity index (χ0) is 9.42. The maximum Gasteiger partial charge on any atom is 0.0462 e. The van der Waals surface area contributed by atoms with Gasteiger partial charge in [-0.1, -0.05) is 19.4 Å². The van der Waals surface area contributed by atoms with Crippen LogP contribution in [0.1, 0.15) is 26.2 Å². The lowest BCUT2D eigenvalue weighted by Crippen LogP contribution is -2.28. The molecule has 0 aromatic heterocycles. The molecule has 2 fully saturated rings. The second kappa shape index (κ2) is 3.45. The quantitative estimate of drug-likeness (QED) is 0.661. The average Bonchev–Trinajstić information content (AvgIpc) is 2.72. The van der Waals surface area contributed by atoms with E-state index in [4.69, 9.17) is 0 Å². The molecule has 2 aliphatic rings. The van der Waals surface area contributed by atoms with Crippen LogP contribution in [0, 0.1) is 29.6 Å². The van der Waals surface area contributed by atoms with E-state index in [2.05, 4.69) is 19.6 Å². The first kappa shape index (κ1) is 9.26. The summed E-state index contributed by atoms with van der Waals surface area (Å²) < 4.78 is 0. The van der Waals surface area contributed by atoms with Crippen LogP contribution in [-0.2, 0) is 0 Å². The number of fused-ring (bicyclic) bond motifs is 2. The van der Waals surface area contributed by atoms with Crippen molar-refractivity contribution in [1.82, 2.24) is 0 Å². The van der Waals surface area contributed by atoms with Gasteiger partial charge in [0.1, 0.15) is 0 Å². The molecular formula is C12H20O. The highest BCUT2D eigenvalue weighted by atomic mass is 16.3. The van der Waals surface area contributed by atoms with Gasteiger partial charge in [0.05, 0.1) is 0 Å². The second-order valence-corrected chi connectivity index (χ2v) is 4.72. The number of hydrogen-bond acceptors (Lipinski definition) is 1.